The molecule has 0 radical (unpaired) electrons. The number of halogens is 3. The molecular formula is C28H27ClF2N4O5S. The van der Waals surface area contributed by atoms with Crippen LogP contribution in [0.5, 0.6) is 0 Å². The fourth-order valence-corrected chi connectivity index (χ4v) is 6.08. The summed E-state index contributed by atoms with van der Waals surface area (Å²) in [5, 5.41) is 14.2. The number of oxazole rings is 1. The molecular weight excluding hydrogens is 578 g/mol. The Hall–Kier alpha value is -3.64. The van der Waals surface area contributed by atoms with Crippen LogP contribution in [-0.4, -0.2) is 39.5 Å². The number of aryl methyl sites for hydroxylation is 1. The molecule has 0 saturated heterocycles. The molecule has 1 unspecified atom stereocenters. The molecule has 0 amide bonds. The van der Waals surface area contributed by atoms with E-state index in [4.69, 9.17) is 30.9 Å². The molecule has 2 aliphatic rings. The van der Waals surface area contributed by atoms with E-state index in [1.807, 2.05) is 0 Å². The van der Waals surface area contributed by atoms with E-state index in [2.05, 4.69) is 15.3 Å². The van der Waals surface area contributed by atoms with Crippen LogP contribution < -0.4 is 5.32 Å². The van der Waals surface area contributed by atoms with Crippen LogP contribution in [0.1, 0.15) is 73.1 Å². The van der Waals surface area contributed by atoms with E-state index in [9.17, 15) is 18.4 Å². The third kappa shape index (κ3) is 6.18. The number of rotatable bonds is 9. The number of amidine groups is 1. The Morgan fingerprint density at radius 2 is 1.98 bits per heavy atom. The molecule has 41 heavy (non-hydrogen) atoms. The number of benzene rings is 1. The lowest BCUT2D eigenvalue weighted by molar-refractivity contribution is -0.139. The number of nitrogens with one attached hydrogen (secondary N) is 1. The van der Waals surface area contributed by atoms with Gasteiger partial charge in [-0.15, -0.1) is 11.3 Å². The molecule has 1 aromatic carbocycles. The minimum absolute atomic E-state index is 0.0265. The summed E-state index contributed by atoms with van der Waals surface area (Å²) in [5.41, 5.74) is 1.52. The van der Waals surface area contributed by atoms with Crippen molar-refractivity contribution in [3.63, 3.8) is 0 Å². The molecule has 1 atom stereocenters. The number of aliphatic carboxylic acids is 1. The van der Waals surface area contributed by atoms with E-state index in [0.717, 1.165) is 6.07 Å². The van der Waals surface area contributed by atoms with Crippen LogP contribution in [0.2, 0.25) is 5.02 Å². The topological polar surface area (TPSA) is 127 Å². The first-order valence-electron chi connectivity index (χ1n) is 13.2. The van der Waals surface area contributed by atoms with E-state index in [-0.39, 0.29) is 36.0 Å². The Kier molecular flexibility index (Phi) is 8.79. The van der Waals surface area contributed by atoms with Gasteiger partial charge in [0.25, 0.3) is 0 Å². The smallest absolute Gasteiger partial charge is 0.338 e. The zero-order chi connectivity index (χ0) is 29.1. The van der Waals surface area contributed by atoms with Gasteiger partial charge in [-0.2, -0.15) is 0 Å². The zero-order valence-corrected chi connectivity index (χ0v) is 23.6. The van der Waals surface area contributed by atoms with Crippen LogP contribution in [0.15, 0.2) is 50.7 Å². The highest BCUT2D eigenvalue weighted by molar-refractivity contribution is 7.11. The number of carbonyl (C=O) groups is 2. The molecule has 1 aliphatic heterocycles. The summed E-state index contributed by atoms with van der Waals surface area (Å²) in [4.78, 5) is 37.8. The molecule has 3 heterocycles. The van der Waals surface area contributed by atoms with Gasteiger partial charge in [-0.25, -0.2) is 23.5 Å². The van der Waals surface area contributed by atoms with Gasteiger partial charge in [-0.05, 0) is 44.6 Å². The van der Waals surface area contributed by atoms with Gasteiger partial charge < -0.3 is 19.6 Å². The van der Waals surface area contributed by atoms with Crippen molar-refractivity contribution in [1.82, 2.24) is 15.3 Å². The van der Waals surface area contributed by atoms with Crippen LogP contribution in [-0.2, 0) is 20.7 Å². The second-order valence-corrected chi connectivity index (χ2v) is 11.0. The molecule has 1 fully saturated rings. The normalized spacial score (nSPS) is 20.9. The second-order valence-electron chi connectivity index (χ2n) is 9.77. The highest BCUT2D eigenvalue weighted by Gasteiger charge is 2.39. The summed E-state index contributed by atoms with van der Waals surface area (Å²) in [5.74, 6) is -2.97. The summed E-state index contributed by atoms with van der Waals surface area (Å²) >= 11 is 7.61. The lowest BCUT2D eigenvalue weighted by Gasteiger charge is -2.34. The van der Waals surface area contributed by atoms with Gasteiger partial charge in [0.1, 0.15) is 12.3 Å². The molecule has 0 bridgehead atoms. The van der Waals surface area contributed by atoms with E-state index in [0.29, 0.717) is 60.2 Å². The Morgan fingerprint density at radius 1 is 1.22 bits per heavy atom. The maximum atomic E-state index is 14.6. The van der Waals surface area contributed by atoms with E-state index in [1.54, 1.807) is 18.5 Å². The zero-order valence-electron chi connectivity index (χ0n) is 22.0. The van der Waals surface area contributed by atoms with Crippen molar-refractivity contribution in [3.8, 4) is 0 Å². The molecule has 13 heteroatoms. The molecule has 5 rings (SSSR count). The van der Waals surface area contributed by atoms with Crippen molar-refractivity contribution < 1.29 is 32.6 Å². The quantitative estimate of drug-likeness (QED) is 0.226. The predicted molar refractivity (Wildman–Crippen MR) is 147 cm³/mol. The number of carbonyl (C=O) groups excluding carboxylic acids is 1. The SMILES string of the molecule is CCOC(=O)C1=C([C@H]2CC[C@H](c3nc(CCC(=O)O)co3)CC2)NC(c2nccs2)=NC1c1ccc(F)c(F)c1Cl. The van der Waals surface area contributed by atoms with Gasteiger partial charge in [0.05, 0.1) is 29.3 Å². The van der Waals surface area contributed by atoms with E-state index in [1.165, 1.54) is 23.7 Å². The monoisotopic (exact) mass is 604 g/mol. The molecule has 1 saturated carbocycles. The van der Waals surface area contributed by atoms with Crippen molar-refractivity contribution in [2.45, 2.75) is 57.4 Å². The first-order chi connectivity index (χ1) is 19.8. The first kappa shape index (κ1) is 28.9. The molecule has 0 spiro atoms. The summed E-state index contributed by atoms with van der Waals surface area (Å²) in [7, 11) is 0. The van der Waals surface area contributed by atoms with Gasteiger partial charge in [-0.1, -0.05) is 17.7 Å². The number of aromatic nitrogens is 2. The van der Waals surface area contributed by atoms with Gasteiger partial charge in [0, 0.05) is 35.2 Å². The summed E-state index contributed by atoms with van der Waals surface area (Å²) < 4.78 is 39.6. The number of esters is 1. The minimum Gasteiger partial charge on any atom is -0.481 e. The van der Waals surface area contributed by atoms with Crippen LogP contribution in [0.25, 0.3) is 0 Å². The van der Waals surface area contributed by atoms with Crippen molar-refractivity contribution in [2.24, 2.45) is 10.9 Å². The molecule has 3 aromatic rings. The van der Waals surface area contributed by atoms with E-state index < -0.39 is 34.6 Å². The number of ether oxygens (including phenoxy) is 1. The fraction of sp³-hybridized carbons (Fsp3) is 0.393. The van der Waals surface area contributed by atoms with Gasteiger partial charge in [0.2, 0.25) is 0 Å². The van der Waals surface area contributed by atoms with Gasteiger partial charge >= 0.3 is 11.9 Å². The maximum absolute atomic E-state index is 14.6. The number of aliphatic imine (C=N–C) groups is 1. The van der Waals surface area contributed by atoms with Gasteiger partial charge in [0.15, 0.2) is 28.4 Å². The number of carboxylic acid groups (broad SMARTS) is 1. The Balaban J connectivity index is 1.48. The third-order valence-electron chi connectivity index (χ3n) is 7.21. The highest BCUT2D eigenvalue weighted by Crippen LogP contribution is 2.44. The Labute approximate surface area is 243 Å². The fourth-order valence-electron chi connectivity index (χ4n) is 5.24. The summed E-state index contributed by atoms with van der Waals surface area (Å²) in [6.07, 6.45) is 6.11. The van der Waals surface area contributed by atoms with Crippen molar-refractivity contribution in [3.05, 3.63) is 80.1 Å². The average Bonchev–Trinajstić information content (AvgIpc) is 3.68. The predicted octanol–water partition coefficient (Wildman–Crippen LogP) is 5.96. The summed E-state index contributed by atoms with van der Waals surface area (Å²) in [6, 6.07) is 1.25. The van der Waals surface area contributed by atoms with E-state index >= 15 is 0 Å². The molecule has 216 valence electrons. The van der Waals surface area contributed by atoms with Crippen LogP contribution >= 0.6 is 22.9 Å². The van der Waals surface area contributed by atoms with Crippen molar-refractivity contribution >= 4 is 40.7 Å². The third-order valence-corrected chi connectivity index (χ3v) is 8.38. The van der Waals surface area contributed by atoms with Crippen molar-refractivity contribution in [2.75, 3.05) is 6.61 Å². The number of thiazole rings is 1. The minimum atomic E-state index is -1.22. The van der Waals surface area contributed by atoms with Crippen LogP contribution in [0.3, 0.4) is 0 Å². The number of carboxylic acids is 1. The number of hydrogen-bond acceptors (Lipinski definition) is 9. The Bertz CT molecular complexity index is 1500. The number of nitrogens with zero attached hydrogens (tertiary/aromatic N) is 3. The lowest BCUT2D eigenvalue weighted by atomic mass is 9.78. The average molecular weight is 605 g/mol. The van der Waals surface area contributed by atoms with Crippen LogP contribution in [0.4, 0.5) is 8.78 Å². The number of allylic oxidation sites excluding steroid dienone is 1. The van der Waals surface area contributed by atoms with Gasteiger partial charge in [-0.3, -0.25) is 9.79 Å². The molecule has 9 nitrogen and oxygen atoms in total. The lowest BCUT2D eigenvalue weighted by Crippen LogP contribution is -2.38. The molecule has 2 aromatic heterocycles. The number of hydrogen-bond donors (Lipinski definition) is 2. The molecule has 2 N–H and O–H groups in total. The second kappa shape index (κ2) is 12.5. The molecule has 1 aliphatic carbocycles. The maximum Gasteiger partial charge on any atom is 0.338 e. The Morgan fingerprint density at radius 3 is 2.66 bits per heavy atom. The summed E-state index contributed by atoms with van der Waals surface area (Å²) in [6.45, 7) is 1.79. The van der Waals surface area contributed by atoms with Crippen molar-refractivity contribution in [1.29, 1.82) is 0 Å². The van der Waals surface area contributed by atoms with Crippen LogP contribution in [0, 0.1) is 17.6 Å². The first-order valence-corrected chi connectivity index (χ1v) is 14.5. The highest BCUT2D eigenvalue weighted by atomic mass is 35.5. The largest absolute Gasteiger partial charge is 0.481 e. The standard InChI is InChI=1S/C28H27ClF2N4O5S/c1-2-39-28(38)20-23(14-3-5-15(6-4-14)26-33-16(13-40-26)7-10-19(36)37)34-25(27-32-11-12-41-27)35-24(20)17-8-9-18(30)22(31)21(17)29/h8-9,11-15,24H,2-7,10H2,1H3,(H,34,35)(H,36,37)/t14-,15-,24?.